The number of unbranched alkanes of at least 4 members (excludes halogenated alkanes) is 41. The Hall–Kier alpha value is -1.85. The summed E-state index contributed by atoms with van der Waals surface area (Å²) in [6, 6.07) is 0. The maximum atomic E-state index is 12.8. The predicted molar refractivity (Wildman–Crippen MR) is 280 cm³/mol. The molecule has 0 aliphatic rings. The maximum Gasteiger partial charge on any atom is 0.306 e. The second-order valence-corrected chi connectivity index (χ2v) is 19.9. The highest BCUT2D eigenvalue weighted by atomic mass is 16.6. The van der Waals surface area contributed by atoms with Gasteiger partial charge >= 0.3 is 17.9 Å². The molecule has 0 N–H and O–H groups in total. The average Bonchev–Trinajstić information content (AvgIpc) is 3.30. The van der Waals surface area contributed by atoms with Crippen molar-refractivity contribution in [3.8, 4) is 0 Å². The van der Waals surface area contributed by atoms with Gasteiger partial charge in [-0.15, -0.1) is 0 Å². The van der Waals surface area contributed by atoms with E-state index in [1.54, 1.807) is 0 Å². The number of carbonyl (C=O) groups is 3. The lowest BCUT2D eigenvalue weighted by Crippen LogP contribution is -2.30. The van der Waals surface area contributed by atoms with Crippen molar-refractivity contribution in [2.45, 2.75) is 335 Å². The normalized spacial score (nSPS) is 12.0. The minimum absolute atomic E-state index is 0.0666. The molecule has 6 nitrogen and oxygen atoms in total. The molecule has 0 fully saturated rings. The van der Waals surface area contributed by atoms with Crippen LogP contribution in [0.3, 0.4) is 0 Å². The van der Waals surface area contributed by atoms with E-state index in [-0.39, 0.29) is 31.1 Å². The highest BCUT2D eigenvalue weighted by molar-refractivity contribution is 5.71. The first kappa shape index (κ1) is 63.1. The molecule has 0 aliphatic carbocycles. The van der Waals surface area contributed by atoms with Gasteiger partial charge < -0.3 is 14.2 Å². The Morgan fingerprint density at radius 2 is 0.523 bits per heavy atom. The van der Waals surface area contributed by atoms with Gasteiger partial charge in [-0.3, -0.25) is 14.4 Å². The molecule has 0 rings (SSSR count). The molecule has 6 heteroatoms. The summed E-state index contributed by atoms with van der Waals surface area (Å²) in [6.07, 6.45) is 62.1. The lowest BCUT2D eigenvalue weighted by molar-refractivity contribution is -0.167. The van der Waals surface area contributed by atoms with Gasteiger partial charge in [-0.1, -0.05) is 283 Å². The van der Waals surface area contributed by atoms with Gasteiger partial charge in [0.15, 0.2) is 6.10 Å². The lowest BCUT2D eigenvalue weighted by Gasteiger charge is -2.18. The molecule has 0 radical (unpaired) electrons. The first-order valence-electron chi connectivity index (χ1n) is 29.2. The number of ether oxygens (including phenoxy) is 3. The Labute approximate surface area is 405 Å². The minimum Gasteiger partial charge on any atom is -0.462 e. The van der Waals surface area contributed by atoms with E-state index in [0.29, 0.717) is 19.3 Å². The van der Waals surface area contributed by atoms with Gasteiger partial charge in [0.25, 0.3) is 0 Å². The van der Waals surface area contributed by atoms with Crippen LogP contribution < -0.4 is 0 Å². The smallest absolute Gasteiger partial charge is 0.306 e. The van der Waals surface area contributed by atoms with Gasteiger partial charge in [0.2, 0.25) is 0 Å². The van der Waals surface area contributed by atoms with Gasteiger partial charge in [0.1, 0.15) is 13.2 Å². The van der Waals surface area contributed by atoms with E-state index in [2.05, 4.69) is 32.9 Å². The maximum absolute atomic E-state index is 12.8. The van der Waals surface area contributed by atoms with Crippen LogP contribution in [0.1, 0.15) is 329 Å². The Morgan fingerprint density at radius 3 is 0.815 bits per heavy atom. The second-order valence-electron chi connectivity index (χ2n) is 19.9. The summed E-state index contributed by atoms with van der Waals surface area (Å²) in [6.45, 7) is 6.65. The first-order chi connectivity index (χ1) is 32.0. The van der Waals surface area contributed by atoms with Crippen LogP contribution in [0.25, 0.3) is 0 Å². The van der Waals surface area contributed by atoms with Crippen LogP contribution in [0.2, 0.25) is 0 Å². The summed E-state index contributed by atoms with van der Waals surface area (Å²) in [7, 11) is 0. The molecule has 0 amide bonds. The van der Waals surface area contributed by atoms with Gasteiger partial charge in [-0.05, 0) is 38.5 Å². The Bertz CT molecular complexity index is 1010. The van der Waals surface area contributed by atoms with Gasteiger partial charge in [-0.2, -0.15) is 0 Å². The Balaban J connectivity index is 4.22. The average molecular weight is 918 g/mol. The van der Waals surface area contributed by atoms with Crippen molar-refractivity contribution in [3.63, 3.8) is 0 Å². The third kappa shape index (κ3) is 53.0. The van der Waals surface area contributed by atoms with Crippen molar-refractivity contribution in [1.29, 1.82) is 0 Å². The Kier molecular flexibility index (Phi) is 53.2. The molecule has 0 aromatic carbocycles. The van der Waals surface area contributed by atoms with E-state index in [0.717, 1.165) is 64.2 Å². The molecule has 65 heavy (non-hydrogen) atoms. The predicted octanol–water partition coefficient (Wildman–Crippen LogP) is 19.3. The molecule has 0 saturated carbocycles. The highest BCUT2D eigenvalue weighted by Crippen LogP contribution is 2.17. The highest BCUT2D eigenvalue weighted by Gasteiger charge is 2.19. The second kappa shape index (κ2) is 54.8. The molecule has 384 valence electrons. The zero-order valence-electron chi connectivity index (χ0n) is 44.0. The largest absolute Gasteiger partial charge is 0.462 e. The van der Waals surface area contributed by atoms with Crippen LogP contribution in [-0.2, 0) is 28.6 Å². The van der Waals surface area contributed by atoms with E-state index in [1.165, 1.54) is 225 Å². The number of carbonyl (C=O) groups excluding carboxylic acids is 3. The van der Waals surface area contributed by atoms with E-state index in [4.69, 9.17) is 14.2 Å². The number of rotatable bonds is 54. The molecular weight excluding hydrogens is 805 g/mol. The summed E-state index contributed by atoms with van der Waals surface area (Å²) >= 11 is 0. The number of esters is 3. The standard InChI is InChI=1S/C59H112O6/c1-4-7-10-13-16-19-22-24-26-27-28-29-30-31-33-34-37-40-43-46-49-52-58(61)64-55-56(54-63-57(60)51-48-45-42-39-36-21-18-15-12-9-6-3)65-59(62)53-50-47-44-41-38-35-32-25-23-20-17-14-11-8-5-2/h15,18,56H,4-14,16-17,19-55H2,1-3H3/b18-15-. The van der Waals surface area contributed by atoms with Gasteiger partial charge in [-0.25, -0.2) is 0 Å². The van der Waals surface area contributed by atoms with Crippen LogP contribution in [-0.4, -0.2) is 37.2 Å². The number of hydrogen-bond donors (Lipinski definition) is 0. The molecular formula is C59H112O6. The topological polar surface area (TPSA) is 78.9 Å². The summed E-state index contributed by atoms with van der Waals surface area (Å²) in [5, 5.41) is 0. The molecule has 0 aromatic heterocycles. The number of hydrogen-bond acceptors (Lipinski definition) is 6. The molecule has 1 unspecified atom stereocenters. The van der Waals surface area contributed by atoms with Gasteiger partial charge in [0.05, 0.1) is 0 Å². The Morgan fingerprint density at radius 1 is 0.292 bits per heavy atom. The van der Waals surface area contributed by atoms with Crippen molar-refractivity contribution in [3.05, 3.63) is 12.2 Å². The molecule has 0 spiro atoms. The zero-order valence-corrected chi connectivity index (χ0v) is 44.0. The third-order valence-electron chi connectivity index (χ3n) is 13.3. The summed E-state index contributed by atoms with van der Waals surface area (Å²) in [5.41, 5.74) is 0. The molecule has 1 atom stereocenters. The van der Waals surface area contributed by atoms with Gasteiger partial charge in [0, 0.05) is 19.3 Å². The lowest BCUT2D eigenvalue weighted by atomic mass is 10.0. The molecule has 0 bridgehead atoms. The van der Waals surface area contributed by atoms with Crippen LogP contribution in [0.15, 0.2) is 12.2 Å². The summed E-state index contributed by atoms with van der Waals surface area (Å²) in [5.74, 6) is -0.853. The number of allylic oxidation sites excluding steroid dienone is 2. The zero-order chi connectivity index (χ0) is 47.2. The summed E-state index contributed by atoms with van der Waals surface area (Å²) in [4.78, 5) is 38.1. The minimum atomic E-state index is -0.767. The van der Waals surface area contributed by atoms with Crippen LogP contribution in [0.4, 0.5) is 0 Å². The van der Waals surface area contributed by atoms with E-state index in [9.17, 15) is 14.4 Å². The molecule has 0 aromatic rings. The van der Waals surface area contributed by atoms with Crippen LogP contribution in [0.5, 0.6) is 0 Å². The SMILES string of the molecule is CCCC/C=C\CCCCCCCC(=O)OCC(COC(=O)CCCCCCCCCCCCCCCCCCCCCCC)OC(=O)CCCCCCCCCCCCCCCCC. The van der Waals surface area contributed by atoms with E-state index < -0.39 is 6.10 Å². The quantitative estimate of drug-likeness (QED) is 0.0262. The molecule has 0 saturated heterocycles. The molecule has 0 heterocycles. The van der Waals surface area contributed by atoms with E-state index >= 15 is 0 Å². The molecule has 0 aliphatic heterocycles. The van der Waals surface area contributed by atoms with E-state index in [1.807, 2.05) is 0 Å². The fourth-order valence-corrected chi connectivity index (χ4v) is 8.84. The van der Waals surface area contributed by atoms with Crippen molar-refractivity contribution in [2.24, 2.45) is 0 Å². The van der Waals surface area contributed by atoms with Crippen LogP contribution >= 0.6 is 0 Å². The van der Waals surface area contributed by atoms with Crippen molar-refractivity contribution in [1.82, 2.24) is 0 Å². The fourth-order valence-electron chi connectivity index (χ4n) is 8.84. The summed E-state index contributed by atoms with van der Waals surface area (Å²) < 4.78 is 16.9. The first-order valence-corrected chi connectivity index (χ1v) is 29.2. The third-order valence-corrected chi connectivity index (χ3v) is 13.3. The van der Waals surface area contributed by atoms with Crippen LogP contribution in [0, 0.1) is 0 Å². The monoisotopic (exact) mass is 917 g/mol. The van der Waals surface area contributed by atoms with Crippen molar-refractivity contribution in [2.75, 3.05) is 13.2 Å². The van der Waals surface area contributed by atoms with Crippen molar-refractivity contribution >= 4 is 17.9 Å². The fraction of sp³-hybridized carbons (Fsp3) is 0.915. The van der Waals surface area contributed by atoms with Crippen molar-refractivity contribution < 1.29 is 28.6 Å².